The second-order valence-corrected chi connectivity index (χ2v) is 5.29. The summed E-state index contributed by atoms with van der Waals surface area (Å²) in [6.45, 7) is 6.46. The van der Waals surface area contributed by atoms with Crippen molar-refractivity contribution in [3.8, 4) is 0 Å². The van der Waals surface area contributed by atoms with E-state index in [2.05, 4.69) is 20.8 Å². The SMILES string of the molecule is CC1CCC2CC(C)(C)C(=O)C12. The Morgan fingerprint density at radius 2 is 2.00 bits per heavy atom. The molecule has 0 amide bonds. The van der Waals surface area contributed by atoms with E-state index >= 15 is 0 Å². The zero-order valence-electron chi connectivity index (χ0n) is 8.26. The summed E-state index contributed by atoms with van der Waals surface area (Å²) in [5.41, 5.74) is -0.00991. The maximum Gasteiger partial charge on any atom is 0.142 e. The molecule has 0 N–H and O–H groups in total. The van der Waals surface area contributed by atoms with Crippen molar-refractivity contribution in [2.75, 3.05) is 0 Å². The van der Waals surface area contributed by atoms with E-state index in [0.717, 1.165) is 12.3 Å². The molecule has 0 spiro atoms. The number of carbonyl (C=O) groups is 1. The van der Waals surface area contributed by atoms with Gasteiger partial charge < -0.3 is 0 Å². The van der Waals surface area contributed by atoms with E-state index in [1.807, 2.05) is 0 Å². The number of Topliss-reactive ketones (excluding diaryl/α,β-unsaturated/α-hetero) is 1. The number of carbonyl (C=O) groups excluding carboxylic acids is 1. The van der Waals surface area contributed by atoms with Gasteiger partial charge >= 0.3 is 0 Å². The Bertz CT molecular complexity index is 217. The monoisotopic (exact) mass is 166 g/mol. The molecule has 0 aromatic rings. The fourth-order valence-corrected chi connectivity index (χ4v) is 3.21. The molecule has 2 aliphatic carbocycles. The van der Waals surface area contributed by atoms with Gasteiger partial charge in [-0.2, -0.15) is 0 Å². The van der Waals surface area contributed by atoms with Gasteiger partial charge in [-0.1, -0.05) is 20.8 Å². The quantitative estimate of drug-likeness (QED) is 0.540. The fourth-order valence-electron chi connectivity index (χ4n) is 3.21. The second kappa shape index (κ2) is 2.34. The first-order valence-electron chi connectivity index (χ1n) is 5.07. The summed E-state index contributed by atoms with van der Waals surface area (Å²) in [6, 6.07) is 0. The molecule has 0 heterocycles. The summed E-state index contributed by atoms with van der Waals surface area (Å²) < 4.78 is 0. The van der Waals surface area contributed by atoms with Gasteiger partial charge in [0.15, 0.2) is 0 Å². The summed E-state index contributed by atoms with van der Waals surface area (Å²) in [6.07, 6.45) is 3.71. The maximum absolute atomic E-state index is 11.9. The van der Waals surface area contributed by atoms with Crippen LogP contribution in [0.1, 0.15) is 40.0 Å². The van der Waals surface area contributed by atoms with E-state index < -0.39 is 0 Å². The van der Waals surface area contributed by atoms with Crippen molar-refractivity contribution in [1.29, 1.82) is 0 Å². The molecule has 2 rings (SSSR count). The zero-order chi connectivity index (χ0) is 8.93. The van der Waals surface area contributed by atoms with Crippen LogP contribution in [0.15, 0.2) is 0 Å². The van der Waals surface area contributed by atoms with Crippen LogP contribution < -0.4 is 0 Å². The van der Waals surface area contributed by atoms with Gasteiger partial charge in [0, 0.05) is 11.3 Å². The first-order chi connectivity index (χ1) is 5.52. The fraction of sp³-hybridized carbons (Fsp3) is 0.909. The van der Waals surface area contributed by atoms with Gasteiger partial charge in [-0.05, 0) is 31.1 Å². The van der Waals surface area contributed by atoms with Crippen LogP contribution in [0.3, 0.4) is 0 Å². The molecule has 3 atom stereocenters. The normalized spacial score (nSPS) is 44.9. The Labute approximate surface area is 74.5 Å². The van der Waals surface area contributed by atoms with Crippen molar-refractivity contribution < 1.29 is 4.79 Å². The summed E-state index contributed by atoms with van der Waals surface area (Å²) in [7, 11) is 0. The van der Waals surface area contributed by atoms with Crippen molar-refractivity contribution in [3.05, 3.63) is 0 Å². The topological polar surface area (TPSA) is 17.1 Å². The molecule has 3 unspecified atom stereocenters. The molecule has 1 heteroatoms. The van der Waals surface area contributed by atoms with Crippen LogP contribution in [-0.4, -0.2) is 5.78 Å². The molecule has 0 aromatic carbocycles. The highest BCUT2D eigenvalue weighted by Crippen LogP contribution is 2.52. The lowest BCUT2D eigenvalue weighted by atomic mass is 9.85. The molecule has 0 bridgehead atoms. The Balaban J connectivity index is 2.26. The first-order valence-corrected chi connectivity index (χ1v) is 5.07. The van der Waals surface area contributed by atoms with Crippen molar-refractivity contribution in [2.24, 2.45) is 23.2 Å². The van der Waals surface area contributed by atoms with Gasteiger partial charge in [0.2, 0.25) is 0 Å². The summed E-state index contributed by atoms with van der Waals surface area (Å²) in [4.78, 5) is 11.9. The van der Waals surface area contributed by atoms with Crippen molar-refractivity contribution in [2.45, 2.75) is 40.0 Å². The highest BCUT2D eigenvalue weighted by molar-refractivity contribution is 5.89. The van der Waals surface area contributed by atoms with Gasteiger partial charge in [0.25, 0.3) is 0 Å². The summed E-state index contributed by atoms with van der Waals surface area (Å²) >= 11 is 0. The van der Waals surface area contributed by atoms with E-state index in [-0.39, 0.29) is 5.41 Å². The van der Waals surface area contributed by atoms with Crippen LogP contribution in [0.25, 0.3) is 0 Å². The van der Waals surface area contributed by atoms with E-state index in [1.165, 1.54) is 12.8 Å². The summed E-state index contributed by atoms with van der Waals surface area (Å²) in [5, 5.41) is 0. The predicted octanol–water partition coefficient (Wildman–Crippen LogP) is 2.65. The van der Waals surface area contributed by atoms with E-state index in [9.17, 15) is 4.79 Å². The van der Waals surface area contributed by atoms with Gasteiger partial charge in [-0.3, -0.25) is 4.79 Å². The van der Waals surface area contributed by atoms with Crippen LogP contribution >= 0.6 is 0 Å². The van der Waals surface area contributed by atoms with E-state index in [0.29, 0.717) is 17.6 Å². The highest BCUT2D eigenvalue weighted by Gasteiger charge is 2.51. The molecule has 0 radical (unpaired) electrons. The molecule has 12 heavy (non-hydrogen) atoms. The van der Waals surface area contributed by atoms with Crippen LogP contribution in [0.2, 0.25) is 0 Å². The number of ketones is 1. The minimum atomic E-state index is -0.00991. The molecule has 0 aliphatic heterocycles. The molecular weight excluding hydrogens is 148 g/mol. The molecule has 68 valence electrons. The van der Waals surface area contributed by atoms with Gasteiger partial charge in [0.1, 0.15) is 5.78 Å². The minimum absolute atomic E-state index is 0.00991. The van der Waals surface area contributed by atoms with Crippen molar-refractivity contribution in [1.82, 2.24) is 0 Å². The third kappa shape index (κ3) is 0.949. The lowest BCUT2D eigenvalue weighted by Gasteiger charge is -2.18. The van der Waals surface area contributed by atoms with Gasteiger partial charge in [-0.15, -0.1) is 0 Å². The Morgan fingerprint density at radius 3 is 2.58 bits per heavy atom. The van der Waals surface area contributed by atoms with Crippen LogP contribution in [0.5, 0.6) is 0 Å². The predicted molar refractivity (Wildman–Crippen MR) is 48.8 cm³/mol. The van der Waals surface area contributed by atoms with E-state index in [4.69, 9.17) is 0 Å². The standard InChI is InChI=1S/C11H18O/c1-7-4-5-8-6-11(2,3)10(12)9(7)8/h7-9H,4-6H2,1-3H3. The highest BCUT2D eigenvalue weighted by atomic mass is 16.1. The average Bonchev–Trinajstić information content (AvgIpc) is 2.38. The third-order valence-electron chi connectivity index (χ3n) is 3.86. The molecule has 0 aromatic heterocycles. The zero-order valence-corrected chi connectivity index (χ0v) is 8.26. The lowest BCUT2D eigenvalue weighted by molar-refractivity contribution is -0.128. The van der Waals surface area contributed by atoms with Crippen molar-refractivity contribution >= 4 is 5.78 Å². The van der Waals surface area contributed by atoms with Crippen LogP contribution in [-0.2, 0) is 4.79 Å². The number of fused-ring (bicyclic) bond motifs is 1. The molecule has 2 saturated carbocycles. The molecule has 2 aliphatic rings. The van der Waals surface area contributed by atoms with Gasteiger partial charge in [0.05, 0.1) is 0 Å². The number of hydrogen-bond acceptors (Lipinski definition) is 1. The van der Waals surface area contributed by atoms with Gasteiger partial charge in [-0.25, -0.2) is 0 Å². The molecule has 1 nitrogen and oxygen atoms in total. The number of hydrogen-bond donors (Lipinski definition) is 0. The van der Waals surface area contributed by atoms with Crippen LogP contribution in [0.4, 0.5) is 0 Å². The first kappa shape index (κ1) is 8.28. The maximum atomic E-state index is 11.9. The lowest BCUT2D eigenvalue weighted by Crippen LogP contribution is -2.24. The Kier molecular flexibility index (Phi) is 1.61. The Hall–Kier alpha value is -0.330. The third-order valence-corrected chi connectivity index (χ3v) is 3.86. The smallest absolute Gasteiger partial charge is 0.142 e. The second-order valence-electron chi connectivity index (χ2n) is 5.29. The molecular formula is C11H18O. The summed E-state index contributed by atoms with van der Waals surface area (Å²) in [5.74, 6) is 2.34. The van der Waals surface area contributed by atoms with E-state index in [1.54, 1.807) is 0 Å². The van der Waals surface area contributed by atoms with Crippen LogP contribution in [0, 0.1) is 23.2 Å². The Morgan fingerprint density at radius 1 is 1.33 bits per heavy atom. The molecule has 0 saturated heterocycles. The van der Waals surface area contributed by atoms with Crippen molar-refractivity contribution in [3.63, 3.8) is 0 Å². The largest absolute Gasteiger partial charge is 0.299 e. The minimum Gasteiger partial charge on any atom is -0.299 e. The number of rotatable bonds is 0. The molecule has 2 fully saturated rings. The average molecular weight is 166 g/mol.